The number of rotatable bonds is 9. The van der Waals surface area contributed by atoms with Crippen molar-refractivity contribution in [2.45, 2.75) is 19.3 Å². The monoisotopic (exact) mass is 486 g/mol. The summed E-state index contributed by atoms with van der Waals surface area (Å²) in [5.74, 6) is -1.19. The molecule has 0 heterocycles. The summed E-state index contributed by atoms with van der Waals surface area (Å²) in [5.41, 5.74) is 3.39. The van der Waals surface area contributed by atoms with E-state index in [4.69, 9.17) is 18.9 Å². The van der Waals surface area contributed by atoms with Crippen molar-refractivity contribution in [2.24, 2.45) is 5.92 Å². The van der Waals surface area contributed by atoms with Crippen molar-refractivity contribution < 1.29 is 28.5 Å². The maximum atomic E-state index is 14.1. The standard InChI is InChI=1S/C30H30O6/c1-5-16-36-30(32)28-27(26-22(34-3)17-21(33-2)18-23(26)35-4)24(19-12-8-6-9-13-19)25(29(28)31)20-14-10-7-11-15-20/h6-15,17-18,27-28H,5,16H2,1-4H3/t27-,28-/m1/s1. The molecule has 0 N–H and O–H groups in total. The lowest BCUT2D eigenvalue weighted by molar-refractivity contribution is -0.150. The van der Waals surface area contributed by atoms with E-state index in [2.05, 4.69) is 0 Å². The Bertz CT molecular complexity index is 1240. The quantitative estimate of drug-likeness (QED) is 0.291. The topological polar surface area (TPSA) is 71.1 Å². The molecule has 2 atom stereocenters. The van der Waals surface area contributed by atoms with E-state index in [1.807, 2.05) is 67.6 Å². The van der Waals surface area contributed by atoms with Gasteiger partial charge >= 0.3 is 5.97 Å². The molecule has 186 valence electrons. The Morgan fingerprint density at radius 1 is 0.806 bits per heavy atom. The number of hydrogen-bond acceptors (Lipinski definition) is 6. The fourth-order valence-corrected chi connectivity index (χ4v) is 4.79. The lowest BCUT2D eigenvalue weighted by atomic mass is 9.80. The van der Waals surface area contributed by atoms with E-state index in [1.54, 1.807) is 33.5 Å². The number of carbonyl (C=O) groups excluding carboxylic acids is 2. The van der Waals surface area contributed by atoms with E-state index >= 15 is 0 Å². The third-order valence-corrected chi connectivity index (χ3v) is 6.36. The highest BCUT2D eigenvalue weighted by atomic mass is 16.5. The molecular formula is C30H30O6. The van der Waals surface area contributed by atoms with Crippen molar-refractivity contribution in [1.29, 1.82) is 0 Å². The molecule has 36 heavy (non-hydrogen) atoms. The second-order valence-corrected chi connectivity index (χ2v) is 8.45. The molecule has 1 aliphatic rings. The van der Waals surface area contributed by atoms with Crippen LogP contribution >= 0.6 is 0 Å². The minimum absolute atomic E-state index is 0.230. The summed E-state index contributed by atoms with van der Waals surface area (Å²) in [6.45, 7) is 2.15. The number of allylic oxidation sites excluding steroid dienone is 2. The first-order valence-electron chi connectivity index (χ1n) is 11.9. The van der Waals surface area contributed by atoms with Gasteiger partial charge in [-0.15, -0.1) is 0 Å². The Morgan fingerprint density at radius 3 is 1.86 bits per heavy atom. The molecule has 1 aliphatic carbocycles. The number of ether oxygens (including phenoxy) is 4. The van der Waals surface area contributed by atoms with E-state index in [0.717, 1.165) is 16.7 Å². The molecule has 3 aromatic rings. The molecule has 0 unspecified atom stereocenters. The lowest BCUT2D eigenvalue weighted by Crippen LogP contribution is -2.28. The second-order valence-electron chi connectivity index (χ2n) is 8.45. The average molecular weight is 487 g/mol. The molecule has 0 saturated carbocycles. The van der Waals surface area contributed by atoms with Gasteiger partial charge in [-0.3, -0.25) is 9.59 Å². The predicted octanol–water partition coefficient (Wildman–Crippen LogP) is 5.56. The summed E-state index contributed by atoms with van der Waals surface area (Å²) >= 11 is 0. The van der Waals surface area contributed by atoms with Crippen LogP contribution < -0.4 is 14.2 Å². The summed E-state index contributed by atoms with van der Waals surface area (Å²) in [4.78, 5) is 27.6. The van der Waals surface area contributed by atoms with Crippen LogP contribution in [0.4, 0.5) is 0 Å². The highest BCUT2D eigenvalue weighted by Gasteiger charge is 2.50. The fraction of sp³-hybridized carbons (Fsp3) is 0.267. The number of benzene rings is 3. The Labute approximate surface area is 211 Å². The van der Waals surface area contributed by atoms with E-state index in [9.17, 15) is 9.59 Å². The minimum Gasteiger partial charge on any atom is -0.496 e. The highest BCUT2D eigenvalue weighted by Crippen LogP contribution is 2.55. The molecule has 0 amide bonds. The van der Waals surface area contributed by atoms with E-state index in [0.29, 0.717) is 34.8 Å². The Morgan fingerprint density at radius 2 is 1.36 bits per heavy atom. The van der Waals surface area contributed by atoms with Gasteiger partial charge in [0.2, 0.25) is 0 Å². The molecule has 6 nitrogen and oxygen atoms in total. The largest absolute Gasteiger partial charge is 0.496 e. The summed E-state index contributed by atoms with van der Waals surface area (Å²) in [6, 6.07) is 22.5. The zero-order chi connectivity index (χ0) is 25.7. The molecule has 0 bridgehead atoms. The third-order valence-electron chi connectivity index (χ3n) is 6.36. The summed E-state index contributed by atoms with van der Waals surface area (Å²) in [7, 11) is 4.65. The van der Waals surface area contributed by atoms with E-state index in [-0.39, 0.29) is 12.4 Å². The van der Waals surface area contributed by atoms with Gasteiger partial charge < -0.3 is 18.9 Å². The molecule has 0 aromatic heterocycles. The molecule has 0 radical (unpaired) electrons. The minimum atomic E-state index is -1.10. The zero-order valence-corrected chi connectivity index (χ0v) is 20.9. The van der Waals surface area contributed by atoms with E-state index < -0.39 is 17.8 Å². The maximum Gasteiger partial charge on any atom is 0.317 e. The number of ketones is 1. The highest BCUT2D eigenvalue weighted by molar-refractivity contribution is 6.37. The molecule has 0 aliphatic heterocycles. The van der Waals surface area contributed by atoms with Crippen LogP contribution in [-0.4, -0.2) is 39.7 Å². The van der Waals surface area contributed by atoms with Crippen molar-refractivity contribution in [3.8, 4) is 17.2 Å². The van der Waals surface area contributed by atoms with Gasteiger partial charge in [-0.25, -0.2) is 0 Å². The Kier molecular flexibility index (Phi) is 7.74. The molecule has 6 heteroatoms. The second kappa shape index (κ2) is 11.1. The van der Waals surface area contributed by atoms with Crippen LogP contribution in [0.5, 0.6) is 17.2 Å². The van der Waals surface area contributed by atoms with E-state index in [1.165, 1.54) is 0 Å². The first-order chi connectivity index (χ1) is 17.5. The first kappa shape index (κ1) is 25.0. The normalized spacial score (nSPS) is 17.2. The molecular weight excluding hydrogens is 456 g/mol. The molecule has 0 saturated heterocycles. The third kappa shape index (κ3) is 4.59. The van der Waals surface area contributed by atoms with Gasteiger partial charge in [0, 0.05) is 29.2 Å². The van der Waals surface area contributed by atoms with Gasteiger partial charge in [-0.1, -0.05) is 67.6 Å². The SMILES string of the molecule is CCCOC(=O)[C@H]1C(=O)C(c2ccccc2)=C(c2ccccc2)[C@@H]1c1c(OC)cc(OC)cc1OC. The van der Waals surface area contributed by atoms with Crippen LogP contribution in [-0.2, 0) is 14.3 Å². The van der Waals surface area contributed by atoms with Crippen LogP contribution in [0.25, 0.3) is 11.1 Å². The average Bonchev–Trinajstić information content (AvgIpc) is 3.23. The zero-order valence-electron chi connectivity index (χ0n) is 20.9. The summed E-state index contributed by atoms with van der Waals surface area (Å²) in [6.07, 6.45) is 0.650. The molecule has 0 fully saturated rings. The van der Waals surface area contributed by atoms with Crippen LogP contribution in [0.2, 0.25) is 0 Å². The van der Waals surface area contributed by atoms with Gasteiger partial charge in [0.15, 0.2) is 5.78 Å². The number of hydrogen-bond donors (Lipinski definition) is 0. The molecule has 3 aromatic carbocycles. The number of Topliss-reactive ketones (excluding diaryl/α,β-unsaturated/α-hetero) is 1. The van der Waals surface area contributed by atoms with Gasteiger partial charge in [-0.2, -0.15) is 0 Å². The van der Waals surface area contributed by atoms with Gasteiger partial charge in [0.05, 0.1) is 27.9 Å². The van der Waals surface area contributed by atoms with Crippen LogP contribution in [0.15, 0.2) is 72.8 Å². The Hall–Kier alpha value is -4.06. The van der Waals surface area contributed by atoms with Gasteiger partial charge in [0.25, 0.3) is 0 Å². The summed E-state index contributed by atoms with van der Waals surface area (Å²) in [5, 5.41) is 0. The van der Waals surface area contributed by atoms with Crippen LogP contribution in [0, 0.1) is 5.92 Å². The lowest BCUT2D eigenvalue weighted by Gasteiger charge is -2.25. The Balaban J connectivity index is 2.07. The van der Waals surface area contributed by atoms with Crippen LogP contribution in [0.3, 0.4) is 0 Å². The van der Waals surface area contributed by atoms with Crippen molar-refractivity contribution >= 4 is 22.9 Å². The van der Waals surface area contributed by atoms with Crippen molar-refractivity contribution in [1.82, 2.24) is 0 Å². The van der Waals surface area contributed by atoms with Gasteiger partial charge in [-0.05, 0) is 23.1 Å². The smallest absolute Gasteiger partial charge is 0.317 e. The van der Waals surface area contributed by atoms with Crippen molar-refractivity contribution in [3.63, 3.8) is 0 Å². The summed E-state index contributed by atoms with van der Waals surface area (Å²) < 4.78 is 22.5. The molecule has 0 spiro atoms. The number of methoxy groups -OCH3 is 3. The predicted molar refractivity (Wildman–Crippen MR) is 138 cm³/mol. The maximum absolute atomic E-state index is 14.1. The first-order valence-corrected chi connectivity index (χ1v) is 11.9. The van der Waals surface area contributed by atoms with Crippen molar-refractivity contribution in [2.75, 3.05) is 27.9 Å². The fourth-order valence-electron chi connectivity index (χ4n) is 4.79. The number of esters is 1. The number of carbonyl (C=O) groups is 2. The van der Waals surface area contributed by atoms with Crippen LogP contribution in [0.1, 0.15) is 36.0 Å². The van der Waals surface area contributed by atoms with Gasteiger partial charge in [0.1, 0.15) is 23.2 Å². The molecule has 4 rings (SSSR count). The van der Waals surface area contributed by atoms with Crippen molar-refractivity contribution in [3.05, 3.63) is 89.5 Å².